The van der Waals surface area contributed by atoms with Gasteiger partial charge in [-0.2, -0.15) is 0 Å². The molecule has 3 N–H and O–H groups in total. The number of hydrogen-bond donors (Lipinski definition) is 3. The predicted molar refractivity (Wildman–Crippen MR) is 96.7 cm³/mol. The number of carboxylic acid groups (broad SMARTS) is 1. The summed E-state index contributed by atoms with van der Waals surface area (Å²) in [6.07, 6.45) is 18.7. The quantitative estimate of drug-likeness (QED) is 0.351. The van der Waals surface area contributed by atoms with Crippen LogP contribution in [0, 0.1) is 0 Å². The molecule has 0 aliphatic carbocycles. The third kappa shape index (κ3) is 29.9. The van der Waals surface area contributed by atoms with Crippen LogP contribution in [0.1, 0.15) is 103 Å². The van der Waals surface area contributed by atoms with Gasteiger partial charge in [-0.25, -0.2) is 0 Å². The molecule has 0 amide bonds. The normalized spacial score (nSPS) is 10.2. The average Bonchev–Trinajstić information content (AvgIpc) is 2.55. The topological polar surface area (TPSA) is 77.8 Å². The van der Waals surface area contributed by atoms with E-state index in [-0.39, 0.29) is 13.2 Å². The number of rotatable bonds is 16. The lowest BCUT2D eigenvalue weighted by Gasteiger charge is -2.02. The van der Waals surface area contributed by atoms with Crippen molar-refractivity contribution >= 4 is 5.97 Å². The van der Waals surface area contributed by atoms with Gasteiger partial charge in [-0.05, 0) is 6.42 Å². The first-order valence-corrected chi connectivity index (χ1v) is 9.62. The van der Waals surface area contributed by atoms with E-state index in [2.05, 4.69) is 6.92 Å². The van der Waals surface area contributed by atoms with E-state index in [9.17, 15) is 4.79 Å². The van der Waals surface area contributed by atoms with Crippen LogP contribution in [0.3, 0.4) is 0 Å². The molecule has 0 aliphatic heterocycles. The lowest BCUT2D eigenvalue weighted by molar-refractivity contribution is -0.137. The molecule has 4 heteroatoms. The molecule has 0 aliphatic rings. The van der Waals surface area contributed by atoms with Crippen molar-refractivity contribution in [3.05, 3.63) is 0 Å². The molecule has 0 aromatic rings. The molecule has 0 saturated heterocycles. The summed E-state index contributed by atoms with van der Waals surface area (Å²) in [4.78, 5) is 10.3. The summed E-state index contributed by atoms with van der Waals surface area (Å²) in [6.45, 7) is 2.02. The fourth-order valence-corrected chi connectivity index (χ4v) is 2.47. The van der Waals surface area contributed by atoms with Crippen molar-refractivity contribution in [3.63, 3.8) is 0 Å². The van der Waals surface area contributed by atoms with Gasteiger partial charge in [-0.15, -0.1) is 0 Å². The Bertz CT molecular complexity index is 217. The van der Waals surface area contributed by atoms with Crippen LogP contribution in [0.5, 0.6) is 0 Å². The van der Waals surface area contributed by atoms with Crippen LogP contribution < -0.4 is 0 Å². The van der Waals surface area contributed by atoms with Gasteiger partial charge in [0.1, 0.15) is 0 Å². The molecule has 0 saturated carbocycles. The number of aliphatic hydroxyl groups is 2. The second kappa shape index (κ2) is 23.7. The van der Waals surface area contributed by atoms with Gasteiger partial charge in [0.2, 0.25) is 0 Å². The molecule has 0 radical (unpaired) electrons. The first-order valence-electron chi connectivity index (χ1n) is 9.62. The zero-order chi connectivity index (χ0) is 17.6. The number of carbonyl (C=O) groups is 1. The molecular weight excluding hydrogens is 292 g/mol. The SMILES string of the molecule is CCCCCCCCCCCCCCCCC(=O)O.OCCO. The highest BCUT2D eigenvalue weighted by atomic mass is 16.4. The summed E-state index contributed by atoms with van der Waals surface area (Å²) in [5, 5.41) is 23.8. The molecule has 0 aromatic carbocycles. The van der Waals surface area contributed by atoms with Gasteiger partial charge < -0.3 is 15.3 Å². The van der Waals surface area contributed by atoms with Crippen molar-refractivity contribution in [1.82, 2.24) is 0 Å². The summed E-state index contributed by atoms with van der Waals surface area (Å²) in [7, 11) is 0. The van der Waals surface area contributed by atoms with E-state index in [0.717, 1.165) is 12.8 Å². The number of aliphatic hydroxyl groups excluding tert-OH is 2. The fraction of sp³-hybridized carbons (Fsp3) is 0.947. The molecule has 23 heavy (non-hydrogen) atoms. The summed E-state index contributed by atoms with van der Waals surface area (Å²) in [6, 6.07) is 0. The van der Waals surface area contributed by atoms with E-state index in [1.165, 1.54) is 77.0 Å². The second-order valence-electron chi connectivity index (χ2n) is 6.19. The van der Waals surface area contributed by atoms with Crippen LogP contribution >= 0.6 is 0 Å². The van der Waals surface area contributed by atoms with E-state index in [4.69, 9.17) is 15.3 Å². The largest absolute Gasteiger partial charge is 0.481 e. The number of unbranched alkanes of at least 4 members (excludes halogenated alkanes) is 13. The van der Waals surface area contributed by atoms with Crippen LogP contribution in [0.4, 0.5) is 0 Å². The van der Waals surface area contributed by atoms with Gasteiger partial charge in [0.15, 0.2) is 0 Å². The minimum Gasteiger partial charge on any atom is -0.481 e. The lowest BCUT2D eigenvalue weighted by Crippen LogP contribution is -1.93. The molecule has 0 atom stereocenters. The van der Waals surface area contributed by atoms with E-state index in [1.54, 1.807) is 0 Å². The van der Waals surface area contributed by atoms with Crippen LogP contribution in [0.25, 0.3) is 0 Å². The number of aliphatic carboxylic acids is 1. The van der Waals surface area contributed by atoms with Crippen molar-refractivity contribution in [2.24, 2.45) is 0 Å². The molecule has 0 unspecified atom stereocenters. The van der Waals surface area contributed by atoms with E-state index < -0.39 is 5.97 Å². The monoisotopic (exact) mass is 332 g/mol. The molecule has 0 rings (SSSR count). The highest BCUT2D eigenvalue weighted by molar-refractivity contribution is 5.66. The van der Waals surface area contributed by atoms with Crippen molar-refractivity contribution in [2.45, 2.75) is 103 Å². The van der Waals surface area contributed by atoms with Gasteiger partial charge in [-0.3, -0.25) is 4.79 Å². The standard InChI is InChI=1S/C17H34O2.C2H6O2/c1-2-3-4-5-6-7-8-9-10-11-12-13-14-15-16-17(18)19;3-1-2-4/h2-16H2,1H3,(H,18,19);3-4H,1-2H2. The first-order chi connectivity index (χ1) is 11.2. The Hall–Kier alpha value is -0.610. The summed E-state index contributed by atoms with van der Waals surface area (Å²) >= 11 is 0. The molecule has 4 nitrogen and oxygen atoms in total. The maximum atomic E-state index is 10.3. The van der Waals surface area contributed by atoms with E-state index in [0.29, 0.717) is 6.42 Å². The van der Waals surface area contributed by atoms with Gasteiger partial charge in [0.05, 0.1) is 13.2 Å². The highest BCUT2D eigenvalue weighted by Gasteiger charge is 1.96. The van der Waals surface area contributed by atoms with E-state index >= 15 is 0 Å². The summed E-state index contributed by atoms with van der Waals surface area (Å²) in [5.74, 6) is -0.654. The Morgan fingerprint density at radius 2 is 0.913 bits per heavy atom. The van der Waals surface area contributed by atoms with Gasteiger partial charge in [0, 0.05) is 6.42 Å². The number of hydrogen-bond acceptors (Lipinski definition) is 3. The molecule has 140 valence electrons. The Kier molecular flexibility index (Phi) is 25.3. The zero-order valence-corrected chi connectivity index (χ0v) is 15.3. The van der Waals surface area contributed by atoms with Crippen molar-refractivity contribution in [1.29, 1.82) is 0 Å². The molecule has 0 fully saturated rings. The van der Waals surface area contributed by atoms with Crippen LogP contribution in [0.15, 0.2) is 0 Å². The predicted octanol–water partition coefficient (Wildman–Crippen LogP) is 4.91. The first kappa shape index (κ1) is 24.6. The molecule has 0 bridgehead atoms. The van der Waals surface area contributed by atoms with Crippen molar-refractivity contribution < 1.29 is 20.1 Å². The van der Waals surface area contributed by atoms with E-state index in [1.807, 2.05) is 0 Å². The second-order valence-corrected chi connectivity index (χ2v) is 6.19. The molecule has 0 spiro atoms. The Labute approximate surface area is 143 Å². The van der Waals surface area contributed by atoms with Gasteiger partial charge >= 0.3 is 5.97 Å². The molecule has 0 aromatic heterocycles. The molecular formula is C19H40O4. The van der Waals surface area contributed by atoms with Crippen molar-refractivity contribution in [2.75, 3.05) is 13.2 Å². The fourth-order valence-electron chi connectivity index (χ4n) is 2.47. The average molecular weight is 333 g/mol. The zero-order valence-electron chi connectivity index (χ0n) is 15.3. The summed E-state index contributed by atoms with van der Waals surface area (Å²) < 4.78 is 0. The van der Waals surface area contributed by atoms with Gasteiger partial charge in [-0.1, -0.05) is 90.4 Å². The lowest BCUT2D eigenvalue weighted by atomic mass is 10.0. The third-order valence-electron chi connectivity index (χ3n) is 3.84. The van der Waals surface area contributed by atoms with Gasteiger partial charge in [0.25, 0.3) is 0 Å². The Balaban J connectivity index is 0. The van der Waals surface area contributed by atoms with Crippen LogP contribution in [-0.2, 0) is 4.79 Å². The maximum absolute atomic E-state index is 10.3. The highest BCUT2D eigenvalue weighted by Crippen LogP contribution is 2.13. The Morgan fingerprint density at radius 1 is 0.609 bits per heavy atom. The van der Waals surface area contributed by atoms with Crippen LogP contribution in [0.2, 0.25) is 0 Å². The minimum absolute atomic E-state index is 0.125. The van der Waals surface area contributed by atoms with Crippen LogP contribution in [-0.4, -0.2) is 34.5 Å². The Morgan fingerprint density at radius 3 is 1.17 bits per heavy atom. The maximum Gasteiger partial charge on any atom is 0.303 e. The third-order valence-corrected chi connectivity index (χ3v) is 3.84. The summed E-state index contributed by atoms with van der Waals surface area (Å²) in [5.41, 5.74) is 0. The number of carboxylic acids is 1. The minimum atomic E-state index is -0.654. The van der Waals surface area contributed by atoms with Crippen molar-refractivity contribution in [3.8, 4) is 0 Å². The smallest absolute Gasteiger partial charge is 0.303 e. The molecule has 0 heterocycles.